The number of amides is 2. The number of benzene rings is 2. The van der Waals surface area contributed by atoms with Crippen molar-refractivity contribution in [3.8, 4) is 0 Å². The Kier molecular flexibility index (Phi) is 4.32. The zero-order valence-corrected chi connectivity index (χ0v) is 13.1. The van der Waals surface area contributed by atoms with Crippen LogP contribution in [0.5, 0.6) is 0 Å². The third-order valence-corrected chi connectivity index (χ3v) is 4.38. The molecule has 3 rings (SSSR count). The molecule has 0 atom stereocenters. The summed E-state index contributed by atoms with van der Waals surface area (Å²) >= 11 is 6.80. The predicted octanol–water partition coefficient (Wildman–Crippen LogP) is 4.58. The number of carbonyl (C=O) groups is 2. The summed E-state index contributed by atoms with van der Waals surface area (Å²) in [6.07, 6.45) is 1.71. The van der Waals surface area contributed by atoms with Crippen molar-refractivity contribution in [1.82, 2.24) is 4.90 Å². The van der Waals surface area contributed by atoms with E-state index < -0.39 is 0 Å². The van der Waals surface area contributed by atoms with E-state index in [0.717, 1.165) is 22.9 Å². The monoisotopic (exact) mass is 329 g/mol. The molecule has 3 nitrogen and oxygen atoms in total. The fraction of sp³-hybridized carbons (Fsp3) is 0.0588. The molecule has 0 spiro atoms. The molecule has 22 heavy (non-hydrogen) atoms. The summed E-state index contributed by atoms with van der Waals surface area (Å²) in [4.78, 5) is 26.1. The van der Waals surface area contributed by atoms with E-state index in [-0.39, 0.29) is 11.1 Å². The molecule has 0 bridgehead atoms. The fourth-order valence-corrected chi connectivity index (χ4v) is 3.08. The van der Waals surface area contributed by atoms with E-state index in [1.165, 1.54) is 4.90 Å². The van der Waals surface area contributed by atoms with Gasteiger partial charge in [0.15, 0.2) is 0 Å². The average Bonchev–Trinajstić information content (AvgIpc) is 2.78. The Labute approximate surface area is 137 Å². The molecular weight excluding hydrogens is 318 g/mol. The van der Waals surface area contributed by atoms with Crippen LogP contribution in [-0.4, -0.2) is 16.0 Å². The van der Waals surface area contributed by atoms with E-state index >= 15 is 0 Å². The van der Waals surface area contributed by atoms with Crippen LogP contribution >= 0.6 is 23.4 Å². The highest BCUT2D eigenvalue weighted by Crippen LogP contribution is 2.33. The lowest BCUT2D eigenvalue weighted by Crippen LogP contribution is -2.27. The van der Waals surface area contributed by atoms with Crippen LogP contribution in [0.4, 0.5) is 4.79 Å². The topological polar surface area (TPSA) is 37.4 Å². The minimum atomic E-state index is -0.256. The number of thioether (sulfide) groups is 1. The average molecular weight is 330 g/mol. The molecule has 1 heterocycles. The van der Waals surface area contributed by atoms with Gasteiger partial charge in [0.2, 0.25) is 0 Å². The lowest BCUT2D eigenvalue weighted by molar-refractivity contribution is -0.123. The zero-order valence-electron chi connectivity index (χ0n) is 11.5. The number of hydrogen-bond acceptors (Lipinski definition) is 3. The molecule has 2 aromatic carbocycles. The van der Waals surface area contributed by atoms with Crippen molar-refractivity contribution in [2.75, 3.05) is 0 Å². The number of halogens is 1. The smallest absolute Gasteiger partial charge is 0.268 e. The molecule has 0 aromatic heterocycles. The molecule has 0 aliphatic carbocycles. The quantitative estimate of drug-likeness (QED) is 0.774. The van der Waals surface area contributed by atoms with Crippen LogP contribution in [0.25, 0.3) is 6.08 Å². The van der Waals surface area contributed by atoms with E-state index in [1.54, 1.807) is 18.2 Å². The van der Waals surface area contributed by atoms with Crippen molar-refractivity contribution < 1.29 is 9.59 Å². The number of rotatable bonds is 3. The molecule has 1 aliphatic heterocycles. The molecule has 5 heteroatoms. The maximum absolute atomic E-state index is 12.4. The highest BCUT2D eigenvalue weighted by molar-refractivity contribution is 8.18. The first-order valence-corrected chi connectivity index (χ1v) is 7.88. The van der Waals surface area contributed by atoms with Crippen molar-refractivity contribution in [1.29, 1.82) is 0 Å². The molecule has 2 amide bonds. The van der Waals surface area contributed by atoms with Gasteiger partial charge in [-0.2, -0.15) is 0 Å². The van der Waals surface area contributed by atoms with Crippen molar-refractivity contribution >= 4 is 40.6 Å². The molecule has 0 saturated carbocycles. The van der Waals surface area contributed by atoms with Gasteiger partial charge < -0.3 is 0 Å². The van der Waals surface area contributed by atoms with E-state index in [9.17, 15) is 9.59 Å². The molecule has 0 radical (unpaired) electrons. The van der Waals surface area contributed by atoms with Crippen LogP contribution in [0.3, 0.4) is 0 Å². The minimum Gasteiger partial charge on any atom is -0.268 e. The van der Waals surface area contributed by atoms with Gasteiger partial charge in [0.05, 0.1) is 11.4 Å². The van der Waals surface area contributed by atoms with Crippen molar-refractivity contribution in [3.05, 3.63) is 75.7 Å². The summed E-state index contributed by atoms with van der Waals surface area (Å²) in [5, 5.41) is 0.392. The third kappa shape index (κ3) is 3.24. The van der Waals surface area contributed by atoms with Gasteiger partial charge in [-0.15, -0.1) is 0 Å². The highest BCUT2D eigenvalue weighted by atomic mass is 35.5. The van der Waals surface area contributed by atoms with Crippen LogP contribution in [0.1, 0.15) is 11.1 Å². The lowest BCUT2D eigenvalue weighted by Gasteiger charge is -2.12. The number of nitrogens with zero attached hydrogens (tertiary/aromatic N) is 1. The summed E-state index contributed by atoms with van der Waals surface area (Å²) in [5.74, 6) is -0.256. The molecular formula is C17H12ClNO2S. The molecule has 0 N–H and O–H groups in total. The summed E-state index contributed by atoms with van der Waals surface area (Å²) in [6, 6.07) is 16.6. The first-order valence-electron chi connectivity index (χ1n) is 6.68. The number of imide groups is 1. The standard InChI is InChI=1S/C17H12ClNO2S/c18-14-8-6-12(7-9-14)10-15-16(20)19(17(21)22-15)11-13-4-2-1-3-5-13/h1-10H,11H2/b15-10-. The first-order chi connectivity index (χ1) is 10.6. The molecule has 2 aromatic rings. The molecule has 0 unspecified atom stereocenters. The maximum atomic E-state index is 12.4. The summed E-state index contributed by atoms with van der Waals surface area (Å²) < 4.78 is 0. The first kappa shape index (κ1) is 14.9. The van der Waals surface area contributed by atoms with Crippen LogP contribution in [-0.2, 0) is 11.3 Å². The van der Waals surface area contributed by atoms with Crippen LogP contribution in [0, 0.1) is 0 Å². The van der Waals surface area contributed by atoms with Gasteiger partial charge in [-0.3, -0.25) is 14.5 Å². The van der Waals surface area contributed by atoms with E-state index in [4.69, 9.17) is 11.6 Å². The highest BCUT2D eigenvalue weighted by Gasteiger charge is 2.34. The Bertz CT molecular complexity index is 741. The van der Waals surface area contributed by atoms with Gasteiger partial charge in [-0.1, -0.05) is 54.1 Å². The Morgan fingerprint density at radius 3 is 2.36 bits per heavy atom. The molecule has 110 valence electrons. The Balaban J connectivity index is 1.80. The van der Waals surface area contributed by atoms with Gasteiger partial charge in [0, 0.05) is 5.02 Å². The van der Waals surface area contributed by atoms with Gasteiger partial charge in [-0.25, -0.2) is 0 Å². The second kappa shape index (κ2) is 6.38. The SMILES string of the molecule is O=C1S/C(=C\c2ccc(Cl)cc2)C(=O)N1Cc1ccccc1. The summed E-state index contributed by atoms with van der Waals surface area (Å²) in [5.41, 5.74) is 1.77. The Morgan fingerprint density at radius 1 is 1.00 bits per heavy atom. The molecule has 1 aliphatic rings. The number of carbonyl (C=O) groups excluding carboxylic acids is 2. The van der Waals surface area contributed by atoms with Crippen molar-refractivity contribution in [2.24, 2.45) is 0 Å². The fourth-order valence-electron chi connectivity index (χ4n) is 2.11. The Morgan fingerprint density at radius 2 is 1.68 bits per heavy atom. The second-order valence-corrected chi connectivity index (χ2v) is 6.23. The zero-order chi connectivity index (χ0) is 15.5. The number of hydrogen-bond donors (Lipinski definition) is 0. The minimum absolute atomic E-state index is 0.242. The lowest BCUT2D eigenvalue weighted by atomic mass is 10.2. The van der Waals surface area contributed by atoms with E-state index in [2.05, 4.69) is 0 Å². The van der Waals surface area contributed by atoms with Crippen LogP contribution in [0.15, 0.2) is 59.5 Å². The van der Waals surface area contributed by atoms with Gasteiger partial charge in [0.25, 0.3) is 11.1 Å². The van der Waals surface area contributed by atoms with Crippen LogP contribution in [0.2, 0.25) is 5.02 Å². The second-order valence-electron chi connectivity index (χ2n) is 4.81. The van der Waals surface area contributed by atoms with E-state index in [1.807, 2.05) is 42.5 Å². The largest absolute Gasteiger partial charge is 0.293 e. The normalized spacial score (nSPS) is 16.6. The van der Waals surface area contributed by atoms with Crippen molar-refractivity contribution in [2.45, 2.75) is 6.54 Å². The van der Waals surface area contributed by atoms with E-state index in [0.29, 0.717) is 16.5 Å². The van der Waals surface area contributed by atoms with Gasteiger partial charge >= 0.3 is 0 Å². The molecule has 1 saturated heterocycles. The molecule has 1 fully saturated rings. The van der Waals surface area contributed by atoms with Gasteiger partial charge in [-0.05, 0) is 41.1 Å². The Hall–Kier alpha value is -2.04. The predicted molar refractivity (Wildman–Crippen MR) is 89.4 cm³/mol. The maximum Gasteiger partial charge on any atom is 0.293 e. The third-order valence-electron chi connectivity index (χ3n) is 3.22. The van der Waals surface area contributed by atoms with Crippen molar-refractivity contribution in [3.63, 3.8) is 0 Å². The van der Waals surface area contributed by atoms with Gasteiger partial charge in [0.1, 0.15) is 0 Å². The van der Waals surface area contributed by atoms with Crippen LogP contribution < -0.4 is 0 Å². The summed E-state index contributed by atoms with van der Waals surface area (Å²) in [7, 11) is 0. The summed E-state index contributed by atoms with van der Waals surface area (Å²) in [6.45, 7) is 0.295.